The number of rotatable bonds is 28. The van der Waals surface area contributed by atoms with Gasteiger partial charge in [-0.2, -0.15) is 0 Å². The van der Waals surface area contributed by atoms with Crippen LogP contribution in [0.15, 0.2) is 48.6 Å². The van der Waals surface area contributed by atoms with E-state index in [4.69, 9.17) is 4.74 Å². The second-order valence-electron chi connectivity index (χ2n) is 11.0. The van der Waals surface area contributed by atoms with Crippen LogP contribution in [-0.4, -0.2) is 11.9 Å². The van der Waals surface area contributed by atoms with Crippen LogP contribution in [0.5, 0.6) is 0 Å². The molecule has 0 bridgehead atoms. The molecule has 0 atom stereocenters. The van der Waals surface area contributed by atoms with Crippen molar-refractivity contribution in [2.24, 2.45) is 0 Å². The van der Waals surface area contributed by atoms with E-state index in [9.17, 15) is 9.59 Å². The number of unbranched alkanes of at least 4 members (excludes halogenated alkanes) is 22. The fourth-order valence-electron chi connectivity index (χ4n) is 4.64. The Balaban J connectivity index is 3.58. The molecule has 0 saturated carbocycles. The zero-order valence-corrected chi connectivity index (χ0v) is 25.8. The number of carbonyl (C=O) groups excluding carboxylic acids is 2. The average molecular weight is 543 g/mol. The highest BCUT2D eigenvalue weighted by atomic mass is 16.6. The molecule has 3 heteroatoms. The number of hydrogen-bond acceptors (Lipinski definition) is 3. The molecule has 0 N–H and O–H groups in total. The fraction of sp³-hybridized carbons (Fsp3) is 0.722. The summed E-state index contributed by atoms with van der Waals surface area (Å²) in [4.78, 5) is 23.5. The lowest BCUT2D eigenvalue weighted by molar-refractivity contribution is -0.152. The lowest BCUT2D eigenvalue weighted by atomic mass is 10.1. The quantitative estimate of drug-likeness (QED) is 0.0324. The molecule has 0 radical (unpaired) electrons. The first-order valence-electron chi connectivity index (χ1n) is 16.6. The monoisotopic (exact) mass is 542 g/mol. The largest absolute Gasteiger partial charge is 0.387 e. The van der Waals surface area contributed by atoms with E-state index in [-0.39, 0.29) is 0 Å². The molecule has 0 saturated heterocycles. The van der Waals surface area contributed by atoms with E-state index >= 15 is 0 Å². The molecule has 224 valence electrons. The molecule has 0 amide bonds. The van der Waals surface area contributed by atoms with Crippen LogP contribution in [0.3, 0.4) is 0 Å². The van der Waals surface area contributed by atoms with Gasteiger partial charge in [-0.25, -0.2) is 9.59 Å². The molecule has 0 aromatic rings. The van der Waals surface area contributed by atoms with Crippen molar-refractivity contribution in [2.75, 3.05) is 0 Å². The van der Waals surface area contributed by atoms with Crippen molar-refractivity contribution < 1.29 is 14.3 Å². The molecule has 3 nitrogen and oxygen atoms in total. The molecule has 0 spiro atoms. The lowest BCUT2D eigenvalue weighted by Gasteiger charge is -2.01. The van der Waals surface area contributed by atoms with E-state index in [0.29, 0.717) is 0 Å². The van der Waals surface area contributed by atoms with Gasteiger partial charge in [0.1, 0.15) is 0 Å². The molecule has 0 aromatic heterocycles. The maximum atomic E-state index is 11.7. The maximum Gasteiger partial charge on any atom is 0.338 e. The van der Waals surface area contributed by atoms with Crippen molar-refractivity contribution in [3.8, 4) is 0 Å². The fourth-order valence-corrected chi connectivity index (χ4v) is 4.64. The Morgan fingerprint density at radius 3 is 1.00 bits per heavy atom. The summed E-state index contributed by atoms with van der Waals surface area (Å²) in [7, 11) is 0. The standard InChI is InChI=1S/C36H62O3/c1-3-5-7-9-11-13-15-17-19-21-23-25-27-29-31-33-35(37)39-36(38)34-32-30-28-26-24-22-20-18-16-14-12-10-8-6-4-2/h27-34H,3-26H2,1-2H3. The van der Waals surface area contributed by atoms with Crippen LogP contribution >= 0.6 is 0 Å². The van der Waals surface area contributed by atoms with Crippen molar-refractivity contribution in [2.45, 2.75) is 168 Å². The van der Waals surface area contributed by atoms with E-state index in [0.717, 1.165) is 12.8 Å². The van der Waals surface area contributed by atoms with Crippen molar-refractivity contribution in [1.29, 1.82) is 0 Å². The predicted octanol–water partition coefficient (Wildman–Crippen LogP) is 11.7. The highest BCUT2D eigenvalue weighted by Gasteiger charge is 2.02. The van der Waals surface area contributed by atoms with Gasteiger partial charge in [0.05, 0.1) is 0 Å². The van der Waals surface area contributed by atoms with E-state index in [1.165, 1.54) is 153 Å². The first-order chi connectivity index (χ1) is 19.2. The Bertz CT molecular complexity index is 600. The molecule has 0 fully saturated rings. The molecule has 0 rings (SSSR count). The minimum absolute atomic E-state index is 0.631. The van der Waals surface area contributed by atoms with Crippen LogP contribution in [0, 0.1) is 0 Å². The van der Waals surface area contributed by atoms with E-state index in [2.05, 4.69) is 26.0 Å². The summed E-state index contributed by atoms with van der Waals surface area (Å²) in [5.74, 6) is -1.26. The molecule has 0 aliphatic carbocycles. The van der Waals surface area contributed by atoms with Gasteiger partial charge in [0.25, 0.3) is 0 Å². The van der Waals surface area contributed by atoms with Gasteiger partial charge in [-0.15, -0.1) is 0 Å². The summed E-state index contributed by atoms with van der Waals surface area (Å²) in [6.45, 7) is 4.53. The van der Waals surface area contributed by atoms with Gasteiger partial charge in [0.2, 0.25) is 0 Å². The van der Waals surface area contributed by atoms with Crippen molar-refractivity contribution >= 4 is 11.9 Å². The summed E-state index contributed by atoms with van der Waals surface area (Å²) < 4.78 is 4.77. The van der Waals surface area contributed by atoms with E-state index in [1.807, 2.05) is 12.2 Å². The van der Waals surface area contributed by atoms with Crippen LogP contribution in [-0.2, 0) is 14.3 Å². The number of hydrogen-bond donors (Lipinski definition) is 0. The Labute approximate surface area is 242 Å². The Morgan fingerprint density at radius 1 is 0.410 bits per heavy atom. The topological polar surface area (TPSA) is 43.4 Å². The highest BCUT2D eigenvalue weighted by Crippen LogP contribution is 2.13. The minimum atomic E-state index is -0.631. The van der Waals surface area contributed by atoms with Crippen LogP contribution in [0.25, 0.3) is 0 Å². The maximum absolute atomic E-state index is 11.7. The number of carbonyl (C=O) groups is 2. The van der Waals surface area contributed by atoms with Gasteiger partial charge < -0.3 is 4.74 Å². The molecule has 0 aliphatic heterocycles. The minimum Gasteiger partial charge on any atom is -0.387 e. The SMILES string of the molecule is CCCCCCCCCCCCCC=CC=CC(=O)OC(=O)C=CC=CCCCCCCCCCCCCC. The van der Waals surface area contributed by atoms with Gasteiger partial charge >= 0.3 is 11.9 Å². The molecule has 0 heterocycles. The second-order valence-corrected chi connectivity index (χ2v) is 11.0. The van der Waals surface area contributed by atoms with Crippen molar-refractivity contribution in [3.63, 3.8) is 0 Å². The summed E-state index contributed by atoms with van der Waals surface area (Å²) in [6, 6.07) is 0. The zero-order chi connectivity index (χ0) is 28.5. The molecular weight excluding hydrogens is 480 g/mol. The van der Waals surface area contributed by atoms with Crippen LogP contribution in [0.2, 0.25) is 0 Å². The van der Waals surface area contributed by atoms with Gasteiger partial charge in [-0.1, -0.05) is 179 Å². The van der Waals surface area contributed by atoms with E-state index in [1.54, 1.807) is 12.2 Å². The van der Waals surface area contributed by atoms with Crippen molar-refractivity contribution in [3.05, 3.63) is 48.6 Å². The molecule has 0 aromatic carbocycles. The van der Waals surface area contributed by atoms with Crippen molar-refractivity contribution in [1.82, 2.24) is 0 Å². The Morgan fingerprint density at radius 2 is 0.692 bits per heavy atom. The lowest BCUT2D eigenvalue weighted by Crippen LogP contribution is -2.06. The Kier molecular flexibility index (Phi) is 30.7. The average Bonchev–Trinajstić information content (AvgIpc) is 2.93. The predicted molar refractivity (Wildman–Crippen MR) is 170 cm³/mol. The molecule has 0 unspecified atom stereocenters. The van der Waals surface area contributed by atoms with Gasteiger partial charge in [-0.05, 0) is 25.7 Å². The third kappa shape index (κ3) is 32.2. The third-order valence-electron chi connectivity index (χ3n) is 7.11. The zero-order valence-electron chi connectivity index (χ0n) is 25.8. The van der Waals surface area contributed by atoms with Gasteiger partial charge in [0, 0.05) is 12.2 Å². The molecule has 0 aliphatic rings. The van der Waals surface area contributed by atoms with Crippen LogP contribution in [0.4, 0.5) is 0 Å². The third-order valence-corrected chi connectivity index (χ3v) is 7.11. The van der Waals surface area contributed by atoms with Gasteiger partial charge in [0.15, 0.2) is 0 Å². The van der Waals surface area contributed by atoms with Crippen LogP contribution in [0.1, 0.15) is 168 Å². The summed E-state index contributed by atoms with van der Waals surface area (Å²) in [5.41, 5.74) is 0. The van der Waals surface area contributed by atoms with Gasteiger partial charge in [-0.3, -0.25) is 0 Å². The summed E-state index contributed by atoms with van der Waals surface area (Å²) in [5, 5.41) is 0. The molecule has 39 heavy (non-hydrogen) atoms. The normalized spacial score (nSPS) is 12.1. The first kappa shape index (κ1) is 37.1. The Hall–Kier alpha value is -1.90. The highest BCUT2D eigenvalue weighted by molar-refractivity contribution is 5.96. The van der Waals surface area contributed by atoms with E-state index < -0.39 is 11.9 Å². The second kappa shape index (κ2) is 32.3. The summed E-state index contributed by atoms with van der Waals surface area (Å²) in [6.07, 6.45) is 45.3. The number of esters is 2. The smallest absolute Gasteiger partial charge is 0.338 e. The van der Waals surface area contributed by atoms with Crippen LogP contribution < -0.4 is 0 Å². The first-order valence-corrected chi connectivity index (χ1v) is 16.6. The number of allylic oxidation sites excluding steroid dienone is 6. The molecular formula is C36H62O3. The summed E-state index contributed by atoms with van der Waals surface area (Å²) >= 11 is 0. The number of ether oxygens (including phenoxy) is 1.